The van der Waals surface area contributed by atoms with Crippen molar-refractivity contribution in [3.8, 4) is 28.6 Å². The molecule has 0 amide bonds. The lowest BCUT2D eigenvalue weighted by Gasteiger charge is -2.13. The molecule has 1 N–H and O–H groups in total. The minimum Gasteiger partial charge on any atom is -0.493 e. The van der Waals surface area contributed by atoms with Gasteiger partial charge >= 0.3 is 0 Å². The Morgan fingerprint density at radius 3 is 2.43 bits per heavy atom. The van der Waals surface area contributed by atoms with E-state index in [2.05, 4.69) is 15.3 Å². The van der Waals surface area contributed by atoms with Crippen molar-refractivity contribution in [2.24, 2.45) is 5.10 Å². The summed E-state index contributed by atoms with van der Waals surface area (Å²) in [7, 11) is 4.50. The third-order valence-electron chi connectivity index (χ3n) is 4.08. The molecule has 0 aliphatic rings. The average Bonchev–Trinajstić information content (AvgIpc) is 3.12. The van der Waals surface area contributed by atoms with Crippen molar-refractivity contribution in [2.75, 3.05) is 21.3 Å². The fourth-order valence-electron chi connectivity index (χ4n) is 2.66. The smallest absolute Gasteiger partial charge is 0.270 e. The Labute approximate surface area is 180 Å². The van der Waals surface area contributed by atoms with E-state index in [1.165, 1.54) is 50.4 Å². The SMILES string of the molecule is COc1cc(-c2n[nH]c(=S)n2/N=C/c2cc([N+](=O)[O-])ccc2Cl)cc(OC)c1OC. The molecule has 3 rings (SSSR count). The molecule has 0 atom stereocenters. The number of nitrogens with one attached hydrogen (secondary N) is 1. The molecule has 0 spiro atoms. The van der Waals surface area contributed by atoms with E-state index in [9.17, 15) is 10.1 Å². The van der Waals surface area contributed by atoms with E-state index in [1.807, 2.05) is 0 Å². The van der Waals surface area contributed by atoms with E-state index < -0.39 is 4.92 Å². The van der Waals surface area contributed by atoms with Crippen LogP contribution in [0.15, 0.2) is 35.4 Å². The van der Waals surface area contributed by atoms with Crippen LogP contribution in [0.2, 0.25) is 5.02 Å². The number of hydrogen-bond acceptors (Lipinski definition) is 8. The molecule has 3 aromatic rings. The van der Waals surface area contributed by atoms with Gasteiger partial charge in [-0.05, 0) is 30.4 Å². The van der Waals surface area contributed by atoms with Gasteiger partial charge in [0, 0.05) is 28.3 Å². The number of benzene rings is 2. The van der Waals surface area contributed by atoms with Gasteiger partial charge in [-0.3, -0.25) is 10.1 Å². The van der Waals surface area contributed by atoms with Crippen molar-refractivity contribution in [3.05, 3.63) is 55.8 Å². The van der Waals surface area contributed by atoms with Gasteiger partial charge < -0.3 is 14.2 Å². The molecule has 0 radical (unpaired) electrons. The molecule has 1 heterocycles. The van der Waals surface area contributed by atoms with Crippen molar-refractivity contribution in [1.82, 2.24) is 14.9 Å². The lowest BCUT2D eigenvalue weighted by atomic mass is 10.1. The highest BCUT2D eigenvalue weighted by Gasteiger charge is 2.18. The van der Waals surface area contributed by atoms with Crippen molar-refractivity contribution >= 4 is 35.7 Å². The number of nitrogens with zero attached hydrogens (tertiary/aromatic N) is 4. The molecule has 30 heavy (non-hydrogen) atoms. The number of halogens is 1. The van der Waals surface area contributed by atoms with Crippen LogP contribution >= 0.6 is 23.8 Å². The highest BCUT2D eigenvalue weighted by Crippen LogP contribution is 2.40. The number of nitro benzene ring substituents is 1. The van der Waals surface area contributed by atoms with E-state index in [0.29, 0.717) is 39.2 Å². The predicted molar refractivity (Wildman–Crippen MR) is 114 cm³/mol. The zero-order chi connectivity index (χ0) is 21.8. The minimum absolute atomic E-state index is 0.110. The van der Waals surface area contributed by atoms with Crippen LogP contribution in [0, 0.1) is 14.9 Å². The first-order valence-corrected chi connectivity index (χ1v) is 9.14. The first kappa shape index (κ1) is 21.3. The third kappa shape index (κ3) is 4.11. The van der Waals surface area contributed by atoms with Crippen molar-refractivity contribution in [3.63, 3.8) is 0 Å². The molecule has 0 bridgehead atoms. The summed E-state index contributed by atoms with van der Waals surface area (Å²) in [5.41, 5.74) is 0.824. The number of methoxy groups -OCH3 is 3. The van der Waals surface area contributed by atoms with Gasteiger partial charge in [0.05, 0.1) is 32.5 Å². The number of nitro groups is 1. The first-order chi connectivity index (χ1) is 14.4. The monoisotopic (exact) mass is 449 g/mol. The maximum Gasteiger partial charge on any atom is 0.270 e. The van der Waals surface area contributed by atoms with E-state index in [0.717, 1.165) is 0 Å². The van der Waals surface area contributed by atoms with Crippen molar-refractivity contribution in [1.29, 1.82) is 0 Å². The average molecular weight is 450 g/mol. The van der Waals surface area contributed by atoms with Crippen molar-refractivity contribution < 1.29 is 19.1 Å². The molecule has 1 aromatic heterocycles. The van der Waals surface area contributed by atoms with Crippen LogP contribution in [0.3, 0.4) is 0 Å². The Kier molecular flexibility index (Phi) is 6.33. The summed E-state index contributed by atoms with van der Waals surface area (Å²) in [4.78, 5) is 10.5. The first-order valence-electron chi connectivity index (χ1n) is 8.35. The number of non-ortho nitro benzene ring substituents is 1. The summed E-state index contributed by atoms with van der Waals surface area (Å²) in [6.07, 6.45) is 1.36. The topological polar surface area (TPSA) is 117 Å². The van der Waals surface area contributed by atoms with Gasteiger partial charge in [0.1, 0.15) is 0 Å². The van der Waals surface area contributed by atoms with Crippen LogP contribution in [0.4, 0.5) is 5.69 Å². The number of ether oxygens (including phenoxy) is 3. The van der Waals surface area contributed by atoms with E-state index in [4.69, 9.17) is 38.0 Å². The molecule has 2 aromatic carbocycles. The predicted octanol–water partition coefficient (Wildman–Crippen LogP) is 4.08. The molecular weight excluding hydrogens is 434 g/mol. The normalized spacial score (nSPS) is 10.9. The fraction of sp³-hybridized carbons (Fsp3) is 0.167. The fourth-order valence-corrected chi connectivity index (χ4v) is 3.00. The van der Waals surface area contributed by atoms with E-state index >= 15 is 0 Å². The second-order valence-corrected chi connectivity index (χ2v) is 6.58. The van der Waals surface area contributed by atoms with E-state index in [-0.39, 0.29) is 10.5 Å². The second kappa shape index (κ2) is 8.93. The number of hydrogen-bond donors (Lipinski definition) is 1. The molecule has 0 aliphatic heterocycles. The van der Waals surface area contributed by atoms with Crippen LogP contribution in [-0.2, 0) is 0 Å². The molecule has 0 unspecified atom stereocenters. The van der Waals surface area contributed by atoms with Gasteiger partial charge in [0.2, 0.25) is 10.5 Å². The molecule has 10 nitrogen and oxygen atoms in total. The van der Waals surface area contributed by atoms with Gasteiger partial charge in [-0.15, -0.1) is 0 Å². The van der Waals surface area contributed by atoms with Crippen LogP contribution in [0.25, 0.3) is 11.4 Å². The lowest BCUT2D eigenvalue weighted by molar-refractivity contribution is -0.384. The number of H-pyrrole nitrogens is 1. The molecule has 0 aliphatic carbocycles. The molecule has 0 fully saturated rings. The van der Waals surface area contributed by atoms with Crippen LogP contribution in [0.1, 0.15) is 5.56 Å². The summed E-state index contributed by atoms with van der Waals surface area (Å²) < 4.78 is 17.6. The van der Waals surface area contributed by atoms with E-state index in [1.54, 1.807) is 12.1 Å². The number of rotatable bonds is 7. The van der Waals surface area contributed by atoms with Gasteiger partial charge in [-0.2, -0.15) is 14.9 Å². The summed E-state index contributed by atoms with van der Waals surface area (Å²) in [6.45, 7) is 0. The number of aromatic amines is 1. The van der Waals surface area contributed by atoms with Crippen LogP contribution < -0.4 is 14.2 Å². The summed E-state index contributed by atoms with van der Waals surface area (Å²) in [6, 6.07) is 7.44. The lowest BCUT2D eigenvalue weighted by Crippen LogP contribution is -1.99. The van der Waals surface area contributed by atoms with Crippen LogP contribution in [0.5, 0.6) is 17.2 Å². The Balaban J connectivity index is 2.09. The summed E-state index contributed by atoms with van der Waals surface area (Å²) in [5, 5.41) is 22.5. The minimum atomic E-state index is -0.515. The second-order valence-electron chi connectivity index (χ2n) is 5.79. The van der Waals surface area contributed by atoms with Crippen LogP contribution in [-0.4, -0.2) is 47.3 Å². The largest absolute Gasteiger partial charge is 0.493 e. The van der Waals surface area contributed by atoms with Gasteiger partial charge in [0.15, 0.2) is 17.3 Å². The maximum atomic E-state index is 11.0. The quantitative estimate of drug-likeness (QED) is 0.250. The number of aromatic nitrogens is 3. The zero-order valence-corrected chi connectivity index (χ0v) is 17.7. The molecule has 156 valence electrons. The van der Waals surface area contributed by atoms with Gasteiger partial charge in [-0.1, -0.05) is 11.6 Å². The third-order valence-corrected chi connectivity index (χ3v) is 4.68. The van der Waals surface area contributed by atoms with Crippen molar-refractivity contribution in [2.45, 2.75) is 0 Å². The highest BCUT2D eigenvalue weighted by molar-refractivity contribution is 7.71. The molecule has 0 saturated carbocycles. The Morgan fingerprint density at radius 1 is 1.20 bits per heavy atom. The molecule has 12 heteroatoms. The summed E-state index contributed by atoms with van der Waals surface area (Å²) in [5.74, 6) is 1.64. The Morgan fingerprint density at radius 2 is 1.87 bits per heavy atom. The maximum absolute atomic E-state index is 11.0. The standard InChI is InChI=1S/C18H16ClN5O5S/c1-27-14-7-10(8-15(28-2)16(14)29-3)17-21-22-18(30)23(17)20-9-11-6-12(24(25)26)4-5-13(11)19/h4-9H,1-3H3,(H,22,30)/b20-9+. The zero-order valence-electron chi connectivity index (χ0n) is 16.1. The van der Waals surface area contributed by atoms with Gasteiger partial charge in [-0.25, -0.2) is 5.10 Å². The Hall–Kier alpha value is -3.44. The molecule has 0 saturated heterocycles. The highest BCUT2D eigenvalue weighted by atomic mass is 35.5. The van der Waals surface area contributed by atoms with Gasteiger partial charge in [0.25, 0.3) is 5.69 Å². The summed E-state index contributed by atoms with van der Waals surface area (Å²) >= 11 is 11.4. The molecular formula is C18H16ClN5O5S. The Bertz CT molecular complexity index is 1160.